The highest BCUT2D eigenvalue weighted by atomic mass is 16.5. The zero-order valence-corrected chi connectivity index (χ0v) is 11.8. The molecule has 1 aliphatic rings. The van der Waals surface area contributed by atoms with Gasteiger partial charge in [0.2, 0.25) is 11.8 Å². The van der Waals surface area contributed by atoms with Gasteiger partial charge in [0.25, 0.3) is 0 Å². The van der Waals surface area contributed by atoms with Crippen molar-refractivity contribution in [2.75, 3.05) is 32.0 Å². The smallest absolute Gasteiger partial charge is 0.245 e. The number of anilines is 1. The molecule has 20 heavy (non-hydrogen) atoms. The minimum absolute atomic E-state index is 0.00412. The molecule has 2 N–H and O–H groups in total. The molecule has 1 aliphatic carbocycles. The van der Waals surface area contributed by atoms with Crippen LogP contribution in [0.25, 0.3) is 0 Å². The summed E-state index contributed by atoms with van der Waals surface area (Å²) in [4.78, 5) is 24.9. The van der Waals surface area contributed by atoms with E-state index in [0.29, 0.717) is 11.6 Å². The number of hydrogen-bond donors (Lipinski definition) is 2. The SMILES string of the molecule is Cc1cc(NC(=O)CN(C)C(=O)CNCC2CC2)no1. The number of carbonyl (C=O) groups is 2. The number of aromatic nitrogens is 1. The Morgan fingerprint density at radius 1 is 1.50 bits per heavy atom. The van der Waals surface area contributed by atoms with Crippen molar-refractivity contribution in [2.24, 2.45) is 5.92 Å². The first-order chi connectivity index (χ1) is 9.54. The summed E-state index contributed by atoms with van der Waals surface area (Å²) in [7, 11) is 1.61. The lowest BCUT2D eigenvalue weighted by Gasteiger charge is -2.16. The monoisotopic (exact) mass is 280 g/mol. The molecule has 0 unspecified atom stereocenters. The molecule has 7 nitrogen and oxygen atoms in total. The molecule has 0 radical (unpaired) electrons. The molecule has 0 saturated heterocycles. The van der Waals surface area contributed by atoms with Gasteiger partial charge in [-0.15, -0.1) is 0 Å². The summed E-state index contributed by atoms with van der Waals surface area (Å²) in [6.07, 6.45) is 2.49. The molecular weight excluding hydrogens is 260 g/mol. The molecule has 7 heteroatoms. The zero-order valence-electron chi connectivity index (χ0n) is 11.8. The minimum atomic E-state index is -0.295. The van der Waals surface area contributed by atoms with Gasteiger partial charge >= 0.3 is 0 Å². The number of rotatable bonds is 7. The standard InChI is InChI=1S/C13H20N4O3/c1-9-5-11(16-20-9)15-12(18)8-17(2)13(19)7-14-6-10-3-4-10/h5,10,14H,3-4,6-8H2,1-2H3,(H,15,16,18). The first-order valence-corrected chi connectivity index (χ1v) is 6.72. The van der Waals surface area contributed by atoms with Crippen LogP contribution in [0, 0.1) is 12.8 Å². The van der Waals surface area contributed by atoms with Crippen molar-refractivity contribution in [1.82, 2.24) is 15.4 Å². The zero-order chi connectivity index (χ0) is 14.5. The Labute approximate surface area is 117 Å². The summed E-state index contributed by atoms with van der Waals surface area (Å²) < 4.78 is 4.84. The van der Waals surface area contributed by atoms with E-state index in [2.05, 4.69) is 15.8 Å². The quantitative estimate of drug-likeness (QED) is 0.754. The van der Waals surface area contributed by atoms with Gasteiger partial charge < -0.3 is 20.1 Å². The third-order valence-electron chi connectivity index (χ3n) is 3.11. The van der Waals surface area contributed by atoms with Crippen molar-refractivity contribution in [3.05, 3.63) is 11.8 Å². The van der Waals surface area contributed by atoms with E-state index in [1.807, 2.05) is 0 Å². The van der Waals surface area contributed by atoms with E-state index < -0.39 is 0 Å². The van der Waals surface area contributed by atoms with Crippen molar-refractivity contribution in [3.8, 4) is 0 Å². The second-order valence-electron chi connectivity index (χ2n) is 5.20. The number of hydrogen-bond acceptors (Lipinski definition) is 5. The highest BCUT2D eigenvalue weighted by Gasteiger charge is 2.21. The van der Waals surface area contributed by atoms with Gasteiger partial charge in [-0.1, -0.05) is 5.16 Å². The lowest BCUT2D eigenvalue weighted by atomic mass is 10.4. The predicted octanol–water partition coefficient (Wildman–Crippen LogP) is 0.380. The summed E-state index contributed by atoms with van der Waals surface area (Å²) in [6.45, 7) is 2.88. The minimum Gasteiger partial charge on any atom is -0.360 e. The molecule has 1 heterocycles. The molecule has 0 atom stereocenters. The Morgan fingerprint density at radius 2 is 2.25 bits per heavy atom. The average Bonchev–Trinajstić information content (AvgIpc) is 3.12. The lowest BCUT2D eigenvalue weighted by Crippen LogP contribution is -2.40. The Morgan fingerprint density at radius 3 is 2.85 bits per heavy atom. The van der Waals surface area contributed by atoms with Crippen LogP contribution in [-0.2, 0) is 9.59 Å². The van der Waals surface area contributed by atoms with Gasteiger partial charge in [0.1, 0.15) is 5.76 Å². The number of amides is 2. The van der Waals surface area contributed by atoms with E-state index in [9.17, 15) is 9.59 Å². The van der Waals surface area contributed by atoms with Crippen LogP contribution in [0.4, 0.5) is 5.82 Å². The number of aryl methyl sites for hydroxylation is 1. The van der Waals surface area contributed by atoms with E-state index in [4.69, 9.17) is 4.52 Å². The molecule has 1 fully saturated rings. The Kier molecular flexibility index (Phi) is 4.73. The van der Waals surface area contributed by atoms with E-state index in [0.717, 1.165) is 12.5 Å². The number of nitrogens with zero attached hydrogens (tertiary/aromatic N) is 2. The molecule has 0 spiro atoms. The van der Waals surface area contributed by atoms with Crippen LogP contribution in [0.15, 0.2) is 10.6 Å². The summed E-state index contributed by atoms with van der Waals surface area (Å²) in [6, 6.07) is 1.62. The van der Waals surface area contributed by atoms with Crippen molar-refractivity contribution in [1.29, 1.82) is 0 Å². The Bertz CT molecular complexity index is 482. The first kappa shape index (κ1) is 14.5. The normalized spacial score (nSPS) is 14.1. The van der Waals surface area contributed by atoms with Crippen molar-refractivity contribution >= 4 is 17.6 Å². The van der Waals surface area contributed by atoms with Crippen LogP contribution in [0.5, 0.6) is 0 Å². The maximum atomic E-state index is 11.8. The number of likely N-dealkylation sites (N-methyl/N-ethyl adjacent to an activating group) is 1. The first-order valence-electron chi connectivity index (χ1n) is 6.72. The van der Waals surface area contributed by atoms with E-state index in [-0.39, 0.29) is 24.9 Å². The molecule has 2 amide bonds. The molecule has 1 aromatic heterocycles. The highest BCUT2D eigenvalue weighted by molar-refractivity contribution is 5.93. The second-order valence-corrected chi connectivity index (χ2v) is 5.20. The van der Waals surface area contributed by atoms with Crippen molar-refractivity contribution < 1.29 is 14.1 Å². The van der Waals surface area contributed by atoms with Gasteiger partial charge in [-0.2, -0.15) is 0 Å². The Balaban J connectivity index is 1.67. The van der Waals surface area contributed by atoms with E-state index in [1.165, 1.54) is 17.7 Å². The molecule has 2 rings (SSSR count). The molecule has 110 valence electrons. The van der Waals surface area contributed by atoms with Crippen LogP contribution in [0.2, 0.25) is 0 Å². The number of nitrogens with one attached hydrogen (secondary N) is 2. The number of carbonyl (C=O) groups excluding carboxylic acids is 2. The van der Waals surface area contributed by atoms with Crippen LogP contribution in [-0.4, -0.2) is 48.6 Å². The second kappa shape index (κ2) is 6.51. The summed E-state index contributed by atoms with van der Waals surface area (Å²) in [5.41, 5.74) is 0. The third kappa shape index (κ3) is 4.65. The van der Waals surface area contributed by atoms with Crippen LogP contribution < -0.4 is 10.6 Å². The average molecular weight is 280 g/mol. The van der Waals surface area contributed by atoms with Crippen LogP contribution in [0.1, 0.15) is 18.6 Å². The van der Waals surface area contributed by atoms with Crippen LogP contribution >= 0.6 is 0 Å². The van der Waals surface area contributed by atoms with Gasteiger partial charge in [0.15, 0.2) is 5.82 Å². The molecule has 0 aromatic carbocycles. The van der Waals surface area contributed by atoms with E-state index >= 15 is 0 Å². The third-order valence-corrected chi connectivity index (χ3v) is 3.11. The van der Waals surface area contributed by atoms with Crippen molar-refractivity contribution in [3.63, 3.8) is 0 Å². The van der Waals surface area contributed by atoms with Gasteiger partial charge in [-0.25, -0.2) is 0 Å². The van der Waals surface area contributed by atoms with E-state index in [1.54, 1.807) is 20.0 Å². The van der Waals surface area contributed by atoms with Gasteiger partial charge in [-0.3, -0.25) is 9.59 Å². The van der Waals surface area contributed by atoms with Gasteiger partial charge in [0.05, 0.1) is 13.1 Å². The lowest BCUT2D eigenvalue weighted by molar-refractivity contribution is -0.132. The summed E-state index contributed by atoms with van der Waals surface area (Å²) >= 11 is 0. The maximum absolute atomic E-state index is 11.8. The summed E-state index contributed by atoms with van der Waals surface area (Å²) in [5.74, 6) is 1.31. The molecule has 1 aromatic rings. The molecule has 1 saturated carbocycles. The van der Waals surface area contributed by atoms with Crippen LogP contribution in [0.3, 0.4) is 0 Å². The Hall–Kier alpha value is -1.89. The van der Waals surface area contributed by atoms with Gasteiger partial charge in [-0.05, 0) is 32.2 Å². The van der Waals surface area contributed by atoms with Crippen molar-refractivity contribution in [2.45, 2.75) is 19.8 Å². The fourth-order valence-electron chi connectivity index (χ4n) is 1.75. The maximum Gasteiger partial charge on any atom is 0.245 e. The summed E-state index contributed by atoms with van der Waals surface area (Å²) in [5, 5.41) is 9.34. The largest absolute Gasteiger partial charge is 0.360 e. The predicted molar refractivity (Wildman–Crippen MR) is 73.1 cm³/mol. The molecular formula is C13H20N4O3. The molecule has 0 aliphatic heterocycles. The fourth-order valence-corrected chi connectivity index (χ4v) is 1.75. The van der Waals surface area contributed by atoms with Gasteiger partial charge in [0, 0.05) is 13.1 Å². The fraction of sp³-hybridized carbons (Fsp3) is 0.615. The highest BCUT2D eigenvalue weighted by Crippen LogP contribution is 2.27. The topological polar surface area (TPSA) is 87.5 Å². The molecule has 0 bridgehead atoms.